The van der Waals surface area contributed by atoms with E-state index in [2.05, 4.69) is 49.8 Å². The van der Waals surface area contributed by atoms with Crippen molar-refractivity contribution in [2.75, 3.05) is 0 Å². The first-order valence-electron chi connectivity index (χ1n) is 7.71. The molecule has 0 aliphatic heterocycles. The summed E-state index contributed by atoms with van der Waals surface area (Å²) < 4.78 is 16.2. The Hall–Kier alpha value is -1.45. The van der Waals surface area contributed by atoms with E-state index in [1.165, 1.54) is 11.1 Å². The summed E-state index contributed by atoms with van der Waals surface area (Å²) in [6, 6.07) is 14.5. The standard InChI is InChI=1S/C19H25NOS/c1-13(2)18(17-9-7-6-8-10-17)20-22(21)19-15(4)11-14(3)12-16(19)5/h6-13,18,20H,1-5H3/t18-,22?/m1/s1. The van der Waals surface area contributed by atoms with Crippen LogP contribution in [0.1, 0.15) is 42.1 Å². The monoisotopic (exact) mass is 315 g/mol. The minimum Gasteiger partial charge on any atom is -0.237 e. The maximum absolute atomic E-state index is 12.9. The maximum Gasteiger partial charge on any atom is 0.126 e. The average molecular weight is 315 g/mol. The van der Waals surface area contributed by atoms with E-state index < -0.39 is 11.0 Å². The quantitative estimate of drug-likeness (QED) is 0.857. The Balaban J connectivity index is 2.30. The van der Waals surface area contributed by atoms with Gasteiger partial charge in [0.15, 0.2) is 0 Å². The van der Waals surface area contributed by atoms with Crippen molar-refractivity contribution in [3.05, 3.63) is 64.7 Å². The molecule has 0 heterocycles. The van der Waals surface area contributed by atoms with Crippen molar-refractivity contribution in [1.82, 2.24) is 4.72 Å². The Morgan fingerprint density at radius 1 is 0.955 bits per heavy atom. The Kier molecular flexibility index (Phi) is 5.54. The highest BCUT2D eigenvalue weighted by atomic mass is 32.2. The van der Waals surface area contributed by atoms with Crippen LogP contribution in [-0.4, -0.2) is 4.21 Å². The van der Waals surface area contributed by atoms with Crippen molar-refractivity contribution in [1.29, 1.82) is 0 Å². The minimum atomic E-state index is -1.22. The highest BCUT2D eigenvalue weighted by Gasteiger charge is 2.20. The van der Waals surface area contributed by atoms with Gasteiger partial charge < -0.3 is 0 Å². The van der Waals surface area contributed by atoms with Gasteiger partial charge in [-0.2, -0.15) is 0 Å². The van der Waals surface area contributed by atoms with Gasteiger partial charge >= 0.3 is 0 Å². The third kappa shape index (κ3) is 3.84. The van der Waals surface area contributed by atoms with Crippen molar-refractivity contribution in [3.8, 4) is 0 Å². The molecule has 0 radical (unpaired) electrons. The topological polar surface area (TPSA) is 29.1 Å². The van der Waals surface area contributed by atoms with Gasteiger partial charge in [0.1, 0.15) is 11.0 Å². The lowest BCUT2D eigenvalue weighted by Gasteiger charge is -2.23. The van der Waals surface area contributed by atoms with Crippen LogP contribution in [0, 0.1) is 26.7 Å². The number of rotatable bonds is 5. The smallest absolute Gasteiger partial charge is 0.126 e. The third-order valence-corrected chi connectivity index (χ3v) is 5.33. The summed E-state index contributed by atoms with van der Waals surface area (Å²) in [7, 11) is -1.22. The third-order valence-electron chi connectivity index (χ3n) is 3.85. The molecule has 0 aliphatic rings. The van der Waals surface area contributed by atoms with E-state index in [0.717, 1.165) is 16.0 Å². The lowest BCUT2D eigenvalue weighted by molar-refractivity contribution is 0.478. The van der Waals surface area contributed by atoms with Crippen LogP contribution >= 0.6 is 0 Å². The Morgan fingerprint density at radius 2 is 1.50 bits per heavy atom. The van der Waals surface area contributed by atoms with E-state index in [1.54, 1.807) is 0 Å². The van der Waals surface area contributed by atoms with Crippen LogP contribution in [0.4, 0.5) is 0 Å². The Labute approximate surface area is 136 Å². The van der Waals surface area contributed by atoms with E-state index >= 15 is 0 Å². The molecule has 3 heteroatoms. The molecule has 22 heavy (non-hydrogen) atoms. The molecule has 0 amide bonds. The first-order chi connectivity index (χ1) is 10.4. The van der Waals surface area contributed by atoms with Gasteiger partial charge in [-0.3, -0.25) is 0 Å². The Morgan fingerprint density at radius 3 is 2.00 bits per heavy atom. The summed E-state index contributed by atoms with van der Waals surface area (Å²) in [6.07, 6.45) is 0. The molecule has 1 N–H and O–H groups in total. The molecule has 2 aromatic rings. The molecule has 0 saturated heterocycles. The van der Waals surface area contributed by atoms with Gasteiger partial charge in [-0.25, -0.2) is 8.93 Å². The second-order valence-electron chi connectivity index (χ2n) is 6.25. The summed E-state index contributed by atoms with van der Waals surface area (Å²) >= 11 is 0. The normalized spacial score (nSPS) is 14.1. The van der Waals surface area contributed by atoms with Gasteiger partial charge in [0.05, 0.1) is 4.90 Å². The van der Waals surface area contributed by atoms with Crippen molar-refractivity contribution in [3.63, 3.8) is 0 Å². The van der Waals surface area contributed by atoms with Crippen LogP contribution in [0.2, 0.25) is 0 Å². The fourth-order valence-corrected chi connectivity index (χ4v) is 4.34. The van der Waals surface area contributed by atoms with Crippen molar-refractivity contribution in [2.24, 2.45) is 5.92 Å². The average Bonchev–Trinajstić information content (AvgIpc) is 2.44. The van der Waals surface area contributed by atoms with Gasteiger partial charge in [-0.15, -0.1) is 0 Å². The fourth-order valence-electron chi connectivity index (χ4n) is 2.88. The molecule has 2 aromatic carbocycles. The highest BCUT2D eigenvalue weighted by Crippen LogP contribution is 2.25. The molecular weight excluding hydrogens is 290 g/mol. The van der Waals surface area contributed by atoms with Crippen LogP contribution in [0.3, 0.4) is 0 Å². The molecule has 0 saturated carbocycles. The largest absolute Gasteiger partial charge is 0.237 e. The molecule has 1 unspecified atom stereocenters. The molecule has 0 aliphatic carbocycles. The van der Waals surface area contributed by atoms with Gasteiger partial charge in [0.25, 0.3) is 0 Å². The number of benzene rings is 2. The summed E-state index contributed by atoms with van der Waals surface area (Å²) in [5, 5.41) is 0. The van der Waals surface area contributed by atoms with Crippen LogP contribution in [0.15, 0.2) is 47.4 Å². The van der Waals surface area contributed by atoms with Gasteiger partial charge in [0, 0.05) is 6.04 Å². The second kappa shape index (κ2) is 7.21. The van der Waals surface area contributed by atoms with E-state index in [4.69, 9.17) is 0 Å². The molecule has 118 valence electrons. The minimum absolute atomic E-state index is 0.0714. The van der Waals surface area contributed by atoms with Crippen LogP contribution in [-0.2, 0) is 11.0 Å². The van der Waals surface area contributed by atoms with Gasteiger partial charge in [0.2, 0.25) is 0 Å². The lowest BCUT2D eigenvalue weighted by Crippen LogP contribution is -2.28. The number of hydrogen-bond donors (Lipinski definition) is 1. The van der Waals surface area contributed by atoms with Crippen molar-refractivity contribution < 1.29 is 4.21 Å². The SMILES string of the molecule is Cc1cc(C)c(S(=O)N[C@@H](c2ccccc2)C(C)C)c(C)c1. The zero-order valence-corrected chi connectivity index (χ0v) is 14.8. The van der Waals surface area contributed by atoms with Gasteiger partial charge in [-0.1, -0.05) is 61.9 Å². The van der Waals surface area contributed by atoms with Crippen LogP contribution < -0.4 is 4.72 Å². The van der Waals surface area contributed by atoms with Crippen molar-refractivity contribution in [2.45, 2.75) is 45.6 Å². The number of hydrogen-bond acceptors (Lipinski definition) is 1. The van der Waals surface area contributed by atoms with E-state index in [-0.39, 0.29) is 6.04 Å². The van der Waals surface area contributed by atoms with E-state index in [1.807, 2.05) is 32.0 Å². The fraction of sp³-hybridized carbons (Fsp3) is 0.368. The molecule has 0 spiro atoms. The second-order valence-corrected chi connectivity index (χ2v) is 7.43. The van der Waals surface area contributed by atoms with E-state index in [0.29, 0.717) is 5.92 Å². The predicted molar refractivity (Wildman–Crippen MR) is 94.2 cm³/mol. The molecule has 0 aromatic heterocycles. The molecular formula is C19H25NOS. The zero-order chi connectivity index (χ0) is 16.3. The summed E-state index contributed by atoms with van der Waals surface area (Å²) in [6.45, 7) is 10.4. The highest BCUT2D eigenvalue weighted by molar-refractivity contribution is 7.83. The van der Waals surface area contributed by atoms with E-state index in [9.17, 15) is 4.21 Å². The van der Waals surface area contributed by atoms with Crippen LogP contribution in [0.25, 0.3) is 0 Å². The summed E-state index contributed by atoms with van der Waals surface area (Å²) in [5.74, 6) is 0.359. The molecule has 0 fully saturated rings. The zero-order valence-electron chi connectivity index (χ0n) is 14.0. The molecule has 0 bridgehead atoms. The molecule has 2 rings (SSSR count). The first-order valence-corrected chi connectivity index (χ1v) is 8.86. The summed E-state index contributed by atoms with van der Waals surface area (Å²) in [4.78, 5) is 0.909. The lowest BCUT2D eigenvalue weighted by atomic mass is 9.97. The number of aryl methyl sites for hydroxylation is 3. The first kappa shape index (κ1) is 16.9. The predicted octanol–water partition coefficient (Wildman–Crippen LogP) is 4.62. The maximum atomic E-state index is 12.9. The summed E-state index contributed by atoms with van der Waals surface area (Å²) in [5.41, 5.74) is 4.55. The number of nitrogens with one attached hydrogen (secondary N) is 1. The van der Waals surface area contributed by atoms with Gasteiger partial charge in [-0.05, 0) is 43.4 Å². The molecule has 2 atom stereocenters. The Bertz CT molecular complexity index is 641. The van der Waals surface area contributed by atoms with Crippen molar-refractivity contribution >= 4 is 11.0 Å². The van der Waals surface area contributed by atoms with Crippen LogP contribution in [0.5, 0.6) is 0 Å². The molecule has 2 nitrogen and oxygen atoms in total.